The lowest BCUT2D eigenvalue weighted by Crippen LogP contribution is -2.15. The van der Waals surface area contributed by atoms with Crippen LogP contribution in [0.25, 0.3) is 22.3 Å². The second-order valence-corrected chi connectivity index (χ2v) is 6.86. The fourth-order valence-corrected chi connectivity index (χ4v) is 3.38. The van der Waals surface area contributed by atoms with Crippen LogP contribution in [0.15, 0.2) is 64.2 Å². The highest BCUT2D eigenvalue weighted by Crippen LogP contribution is 2.41. The summed E-state index contributed by atoms with van der Waals surface area (Å²) in [6, 6.07) is 14.0. The number of hydrogen-bond donors (Lipinski definition) is 3. The van der Waals surface area contributed by atoms with Gasteiger partial charge in [-0.2, -0.15) is 0 Å². The number of phenols is 1. The van der Waals surface area contributed by atoms with E-state index < -0.39 is 5.82 Å². The van der Waals surface area contributed by atoms with Gasteiger partial charge in [0.2, 0.25) is 0 Å². The van der Waals surface area contributed by atoms with E-state index in [0.717, 1.165) is 5.56 Å². The van der Waals surface area contributed by atoms with Crippen LogP contribution in [-0.4, -0.2) is 16.1 Å². The summed E-state index contributed by atoms with van der Waals surface area (Å²) >= 11 is 9.73. The van der Waals surface area contributed by atoms with E-state index in [1.807, 2.05) is 6.07 Å². The van der Waals surface area contributed by atoms with Crippen LogP contribution in [0.3, 0.4) is 0 Å². The van der Waals surface area contributed by atoms with Gasteiger partial charge in [-0.1, -0.05) is 44.8 Å². The molecule has 3 rings (SSSR count). The lowest BCUT2D eigenvalue weighted by atomic mass is 9.90. The van der Waals surface area contributed by atoms with Gasteiger partial charge in [-0.15, -0.1) is 0 Å². The van der Waals surface area contributed by atoms with E-state index in [1.54, 1.807) is 18.2 Å². The van der Waals surface area contributed by atoms with E-state index in [4.69, 9.17) is 17.3 Å². The number of nitrogens with two attached hydrogens (primary N) is 1. The number of hydrogen-bond acceptors (Lipinski definition) is 3. The molecule has 3 aromatic rings. The molecule has 0 radical (unpaired) electrons. The molecule has 0 bridgehead atoms. The predicted octanol–water partition coefficient (Wildman–Crippen LogP) is 5.38. The van der Waals surface area contributed by atoms with Crippen LogP contribution >= 0.6 is 27.5 Å². The summed E-state index contributed by atoms with van der Waals surface area (Å²) < 4.78 is 14.6. The molecule has 0 fully saturated rings. The molecule has 0 heterocycles. The predicted molar refractivity (Wildman–Crippen MR) is 104 cm³/mol. The van der Waals surface area contributed by atoms with E-state index >= 15 is 0 Å². The van der Waals surface area contributed by atoms with Crippen LogP contribution in [0.1, 0.15) is 5.56 Å². The number of aromatic hydroxyl groups is 1. The molecule has 0 aromatic heterocycles. The van der Waals surface area contributed by atoms with Gasteiger partial charge in [-0.05, 0) is 53.6 Å². The molecule has 0 amide bonds. The van der Waals surface area contributed by atoms with Crippen LogP contribution in [0.4, 0.5) is 4.39 Å². The third-order valence-electron chi connectivity index (χ3n) is 3.86. The SMILES string of the molecule is NC(=NO)c1cc(Br)cc(-c2ccc(O)cc2)c1-c1cc(F)ccc1Cl. The number of halogens is 3. The monoisotopic (exact) mass is 434 g/mol. The summed E-state index contributed by atoms with van der Waals surface area (Å²) in [5.41, 5.74) is 8.58. The van der Waals surface area contributed by atoms with Crippen molar-refractivity contribution in [3.8, 4) is 28.0 Å². The van der Waals surface area contributed by atoms with Gasteiger partial charge in [0.1, 0.15) is 11.6 Å². The van der Waals surface area contributed by atoms with Crippen LogP contribution in [-0.2, 0) is 0 Å². The highest BCUT2D eigenvalue weighted by Gasteiger charge is 2.19. The number of benzene rings is 3. The Bertz CT molecular complexity index is 1010. The van der Waals surface area contributed by atoms with Crippen LogP contribution in [0.5, 0.6) is 5.75 Å². The second kappa shape index (κ2) is 7.35. The maximum absolute atomic E-state index is 13.9. The summed E-state index contributed by atoms with van der Waals surface area (Å²) in [5.74, 6) is -0.484. The Kier molecular flexibility index (Phi) is 5.15. The Morgan fingerprint density at radius 2 is 1.73 bits per heavy atom. The highest BCUT2D eigenvalue weighted by molar-refractivity contribution is 9.10. The normalized spacial score (nSPS) is 11.6. The third kappa shape index (κ3) is 3.52. The van der Waals surface area contributed by atoms with Gasteiger partial charge in [-0.25, -0.2) is 4.39 Å². The van der Waals surface area contributed by atoms with Gasteiger partial charge in [0.25, 0.3) is 0 Å². The second-order valence-electron chi connectivity index (χ2n) is 5.53. The van der Waals surface area contributed by atoms with Crippen molar-refractivity contribution in [3.63, 3.8) is 0 Å². The lowest BCUT2D eigenvalue weighted by molar-refractivity contribution is 0.318. The van der Waals surface area contributed by atoms with Crippen molar-refractivity contribution >= 4 is 33.4 Å². The summed E-state index contributed by atoms with van der Waals surface area (Å²) in [6.45, 7) is 0. The molecule has 4 nitrogen and oxygen atoms in total. The van der Waals surface area contributed by atoms with E-state index in [0.29, 0.717) is 31.7 Å². The molecule has 0 aliphatic heterocycles. The average molecular weight is 436 g/mol. The van der Waals surface area contributed by atoms with E-state index in [1.165, 1.54) is 30.3 Å². The summed E-state index contributed by atoms with van der Waals surface area (Å²) in [6.07, 6.45) is 0. The molecule has 0 spiro atoms. The quantitative estimate of drug-likeness (QED) is 0.224. The molecule has 26 heavy (non-hydrogen) atoms. The fourth-order valence-electron chi connectivity index (χ4n) is 2.71. The molecule has 0 saturated heterocycles. The minimum Gasteiger partial charge on any atom is -0.508 e. The van der Waals surface area contributed by atoms with Gasteiger partial charge >= 0.3 is 0 Å². The maximum Gasteiger partial charge on any atom is 0.170 e. The van der Waals surface area contributed by atoms with Gasteiger partial charge in [0.05, 0.1) is 0 Å². The van der Waals surface area contributed by atoms with E-state index in [9.17, 15) is 14.7 Å². The maximum atomic E-state index is 13.9. The fraction of sp³-hybridized carbons (Fsp3) is 0. The summed E-state index contributed by atoms with van der Waals surface area (Å²) in [7, 11) is 0. The molecule has 4 N–H and O–H groups in total. The van der Waals surface area contributed by atoms with E-state index in [2.05, 4.69) is 21.1 Å². The number of oxime groups is 1. The molecule has 0 atom stereocenters. The largest absolute Gasteiger partial charge is 0.508 e. The van der Waals surface area contributed by atoms with Crippen molar-refractivity contribution in [2.75, 3.05) is 0 Å². The number of phenolic OH excluding ortho intramolecular Hbond substituents is 1. The first-order valence-corrected chi connectivity index (χ1v) is 8.64. The van der Waals surface area contributed by atoms with Crippen molar-refractivity contribution in [2.24, 2.45) is 10.9 Å². The minimum absolute atomic E-state index is 0.116. The van der Waals surface area contributed by atoms with Crippen molar-refractivity contribution in [2.45, 2.75) is 0 Å². The number of rotatable bonds is 3. The molecule has 132 valence electrons. The first-order chi connectivity index (χ1) is 12.4. The molecule has 0 aliphatic rings. The molecule has 0 unspecified atom stereocenters. The zero-order valence-electron chi connectivity index (χ0n) is 13.2. The zero-order valence-corrected chi connectivity index (χ0v) is 15.6. The van der Waals surface area contributed by atoms with Crippen molar-refractivity contribution in [3.05, 3.63) is 75.5 Å². The van der Waals surface area contributed by atoms with E-state index in [-0.39, 0.29) is 11.6 Å². The number of amidine groups is 1. The molecule has 0 aliphatic carbocycles. The highest BCUT2D eigenvalue weighted by atomic mass is 79.9. The van der Waals surface area contributed by atoms with Crippen LogP contribution < -0.4 is 5.73 Å². The van der Waals surface area contributed by atoms with Crippen molar-refractivity contribution in [1.82, 2.24) is 0 Å². The van der Waals surface area contributed by atoms with Gasteiger partial charge in [0, 0.05) is 26.2 Å². The van der Waals surface area contributed by atoms with Gasteiger partial charge < -0.3 is 16.0 Å². The molecule has 3 aromatic carbocycles. The number of nitrogens with zero attached hydrogens (tertiary/aromatic N) is 1. The summed E-state index contributed by atoms with van der Waals surface area (Å²) in [5, 5.41) is 22.1. The zero-order chi connectivity index (χ0) is 18.8. The molecule has 7 heteroatoms. The summed E-state index contributed by atoms with van der Waals surface area (Å²) in [4.78, 5) is 0. The van der Waals surface area contributed by atoms with Gasteiger partial charge in [0.15, 0.2) is 5.84 Å². The Morgan fingerprint density at radius 3 is 2.38 bits per heavy atom. The Labute approximate surface area is 162 Å². The topological polar surface area (TPSA) is 78.8 Å². The standard InChI is InChI=1S/C19H13BrClFN2O2/c20-11-7-14(10-1-4-13(25)5-2-10)18(16(8-11)19(23)24-26)15-9-12(22)3-6-17(15)21/h1-9,25-26H,(H2,23,24). The molecular weight excluding hydrogens is 423 g/mol. The molecule has 0 saturated carbocycles. The first-order valence-electron chi connectivity index (χ1n) is 7.47. The molecular formula is C19H13BrClFN2O2. The lowest BCUT2D eigenvalue weighted by Gasteiger charge is -2.17. The Hall–Kier alpha value is -2.57. The van der Waals surface area contributed by atoms with Gasteiger partial charge in [-0.3, -0.25) is 0 Å². The smallest absolute Gasteiger partial charge is 0.170 e. The Morgan fingerprint density at radius 1 is 1.04 bits per heavy atom. The van der Waals surface area contributed by atoms with Crippen LogP contribution in [0.2, 0.25) is 5.02 Å². The Balaban J connectivity index is 2.42. The van der Waals surface area contributed by atoms with Crippen molar-refractivity contribution < 1.29 is 14.7 Å². The van der Waals surface area contributed by atoms with Crippen molar-refractivity contribution in [1.29, 1.82) is 0 Å². The first kappa shape index (κ1) is 18.2. The minimum atomic E-state index is -0.463. The average Bonchev–Trinajstić information content (AvgIpc) is 2.63. The van der Waals surface area contributed by atoms with Crippen LogP contribution in [0, 0.1) is 5.82 Å². The third-order valence-corrected chi connectivity index (χ3v) is 4.65.